The van der Waals surface area contributed by atoms with Gasteiger partial charge in [-0.2, -0.15) is 11.8 Å². The van der Waals surface area contributed by atoms with Crippen LogP contribution >= 0.6 is 11.8 Å². The zero-order chi connectivity index (χ0) is 14.8. The largest absolute Gasteiger partial charge is 0.480 e. The highest BCUT2D eigenvalue weighted by Gasteiger charge is 2.24. The van der Waals surface area contributed by atoms with Gasteiger partial charge >= 0.3 is 12.0 Å². The van der Waals surface area contributed by atoms with Crippen LogP contribution in [0, 0.1) is 0 Å². The molecule has 0 saturated heterocycles. The zero-order valence-corrected chi connectivity index (χ0v) is 11.3. The average molecular weight is 300 g/mol. The van der Waals surface area contributed by atoms with Gasteiger partial charge in [-0.1, -0.05) is 0 Å². The summed E-state index contributed by atoms with van der Waals surface area (Å²) < 4.78 is 24.5. The van der Waals surface area contributed by atoms with Crippen molar-refractivity contribution in [1.82, 2.24) is 10.2 Å². The van der Waals surface area contributed by atoms with Gasteiger partial charge in [-0.05, 0) is 18.4 Å². The van der Waals surface area contributed by atoms with E-state index < -0.39 is 37.6 Å². The Balaban J connectivity index is 4.51. The van der Waals surface area contributed by atoms with Crippen molar-refractivity contribution in [3.8, 4) is 0 Å². The summed E-state index contributed by atoms with van der Waals surface area (Å²) in [4.78, 5) is 23.2. The standard InChI is InChI=1S/C10H18F2N2O4S/c1-19-5-2-7(9(16)17)13-10(18)14(3-4-15)6-8(11)12/h7-8,15H,2-6H2,1H3,(H,13,18)(H,16,17)/t7-/m0/s1. The van der Waals surface area contributed by atoms with E-state index in [0.717, 1.165) is 0 Å². The van der Waals surface area contributed by atoms with Gasteiger partial charge in [0, 0.05) is 6.54 Å². The third-order valence-corrected chi connectivity index (χ3v) is 2.87. The summed E-state index contributed by atoms with van der Waals surface area (Å²) in [5, 5.41) is 19.8. The first kappa shape index (κ1) is 17.9. The van der Waals surface area contributed by atoms with Crippen LogP contribution in [0.2, 0.25) is 0 Å². The summed E-state index contributed by atoms with van der Waals surface area (Å²) in [6.45, 7) is -1.59. The van der Waals surface area contributed by atoms with Gasteiger partial charge in [0.05, 0.1) is 13.2 Å². The van der Waals surface area contributed by atoms with Crippen molar-refractivity contribution in [1.29, 1.82) is 0 Å². The van der Waals surface area contributed by atoms with Crippen LogP contribution in [-0.4, -0.2) is 71.3 Å². The molecule has 1 atom stereocenters. The van der Waals surface area contributed by atoms with Crippen molar-refractivity contribution < 1.29 is 28.6 Å². The highest BCUT2D eigenvalue weighted by Crippen LogP contribution is 2.04. The third kappa shape index (κ3) is 7.83. The molecule has 0 unspecified atom stereocenters. The number of carboxylic acids is 1. The van der Waals surface area contributed by atoms with E-state index in [-0.39, 0.29) is 13.0 Å². The number of amides is 2. The molecule has 0 aliphatic heterocycles. The van der Waals surface area contributed by atoms with Crippen LogP contribution in [0.1, 0.15) is 6.42 Å². The molecule has 0 radical (unpaired) electrons. The van der Waals surface area contributed by atoms with Crippen molar-refractivity contribution in [2.24, 2.45) is 0 Å². The van der Waals surface area contributed by atoms with E-state index >= 15 is 0 Å². The maximum absolute atomic E-state index is 12.2. The number of carboxylic acid groups (broad SMARTS) is 1. The first-order valence-electron chi connectivity index (χ1n) is 5.58. The van der Waals surface area contributed by atoms with Crippen LogP contribution in [-0.2, 0) is 4.79 Å². The molecule has 0 heterocycles. The highest BCUT2D eigenvalue weighted by molar-refractivity contribution is 7.98. The van der Waals surface area contributed by atoms with Gasteiger partial charge in [-0.3, -0.25) is 0 Å². The van der Waals surface area contributed by atoms with Crippen LogP contribution in [0.3, 0.4) is 0 Å². The number of hydrogen-bond acceptors (Lipinski definition) is 4. The first-order valence-corrected chi connectivity index (χ1v) is 6.98. The number of urea groups is 1. The quantitative estimate of drug-likeness (QED) is 0.575. The summed E-state index contributed by atoms with van der Waals surface area (Å²) in [5.74, 6) is -0.699. The van der Waals surface area contributed by atoms with Crippen molar-refractivity contribution in [3.05, 3.63) is 0 Å². The topological polar surface area (TPSA) is 89.9 Å². The van der Waals surface area contributed by atoms with E-state index in [2.05, 4.69) is 5.32 Å². The Kier molecular flexibility index (Phi) is 9.23. The fourth-order valence-electron chi connectivity index (χ4n) is 1.30. The van der Waals surface area contributed by atoms with Crippen molar-refractivity contribution >= 4 is 23.8 Å². The summed E-state index contributed by atoms with van der Waals surface area (Å²) in [7, 11) is 0. The number of aliphatic hydroxyl groups excluding tert-OH is 1. The molecule has 2 amide bonds. The minimum Gasteiger partial charge on any atom is -0.480 e. The number of hydrogen-bond donors (Lipinski definition) is 3. The molecule has 0 aromatic carbocycles. The van der Waals surface area contributed by atoms with Crippen LogP contribution in [0.25, 0.3) is 0 Å². The van der Waals surface area contributed by atoms with Crippen molar-refractivity contribution in [2.45, 2.75) is 18.9 Å². The second-order valence-electron chi connectivity index (χ2n) is 3.68. The Morgan fingerprint density at radius 1 is 1.42 bits per heavy atom. The monoisotopic (exact) mass is 300 g/mol. The minimum atomic E-state index is -2.74. The number of nitrogens with one attached hydrogen (secondary N) is 1. The fraction of sp³-hybridized carbons (Fsp3) is 0.800. The van der Waals surface area contributed by atoms with E-state index in [1.807, 2.05) is 0 Å². The SMILES string of the molecule is CSCC[C@H](NC(=O)N(CCO)CC(F)F)C(=O)O. The number of alkyl halides is 2. The second kappa shape index (κ2) is 9.79. The number of carbonyl (C=O) groups is 2. The first-order chi connectivity index (χ1) is 8.92. The van der Waals surface area contributed by atoms with E-state index in [1.54, 1.807) is 6.26 Å². The minimum absolute atomic E-state index is 0.198. The van der Waals surface area contributed by atoms with Crippen molar-refractivity contribution in [3.63, 3.8) is 0 Å². The molecule has 19 heavy (non-hydrogen) atoms. The second-order valence-corrected chi connectivity index (χ2v) is 4.67. The van der Waals surface area contributed by atoms with Crippen LogP contribution in [0.5, 0.6) is 0 Å². The van der Waals surface area contributed by atoms with E-state index in [1.165, 1.54) is 11.8 Å². The van der Waals surface area contributed by atoms with Crippen molar-refractivity contribution in [2.75, 3.05) is 31.7 Å². The molecule has 0 fully saturated rings. The summed E-state index contributed by atoms with van der Waals surface area (Å²) >= 11 is 1.42. The Morgan fingerprint density at radius 2 is 2.05 bits per heavy atom. The smallest absolute Gasteiger partial charge is 0.326 e. The molecule has 0 aromatic heterocycles. The maximum Gasteiger partial charge on any atom is 0.326 e. The van der Waals surface area contributed by atoms with Gasteiger partial charge in [-0.25, -0.2) is 18.4 Å². The number of halogens is 2. The molecule has 0 bridgehead atoms. The lowest BCUT2D eigenvalue weighted by Gasteiger charge is -2.24. The molecular formula is C10H18F2N2O4S. The van der Waals surface area contributed by atoms with Crippen LogP contribution < -0.4 is 5.32 Å². The number of carbonyl (C=O) groups excluding carboxylic acids is 1. The molecule has 6 nitrogen and oxygen atoms in total. The maximum atomic E-state index is 12.2. The molecule has 3 N–H and O–H groups in total. The van der Waals surface area contributed by atoms with Gasteiger partial charge in [0.1, 0.15) is 6.04 Å². The molecule has 0 aliphatic rings. The van der Waals surface area contributed by atoms with E-state index in [4.69, 9.17) is 10.2 Å². The van der Waals surface area contributed by atoms with Gasteiger partial charge < -0.3 is 20.4 Å². The van der Waals surface area contributed by atoms with Gasteiger partial charge in [0.15, 0.2) is 0 Å². The molecule has 9 heteroatoms. The molecule has 112 valence electrons. The number of rotatable bonds is 9. The highest BCUT2D eigenvalue weighted by atomic mass is 32.2. The molecular weight excluding hydrogens is 282 g/mol. The average Bonchev–Trinajstić information content (AvgIpc) is 2.32. The zero-order valence-electron chi connectivity index (χ0n) is 10.5. The summed E-state index contributed by atoms with van der Waals surface area (Å²) in [6, 6.07) is -2.04. The molecule has 0 aromatic rings. The summed E-state index contributed by atoms with van der Waals surface area (Å²) in [6.07, 6.45) is -0.758. The molecule has 0 rings (SSSR count). The third-order valence-electron chi connectivity index (χ3n) is 2.22. The van der Waals surface area contributed by atoms with Gasteiger partial charge in [0.25, 0.3) is 6.43 Å². The predicted molar refractivity (Wildman–Crippen MR) is 67.6 cm³/mol. The van der Waals surface area contributed by atoms with Crippen LogP contribution in [0.15, 0.2) is 0 Å². The Morgan fingerprint density at radius 3 is 2.47 bits per heavy atom. The molecule has 0 spiro atoms. The lowest BCUT2D eigenvalue weighted by Crippen LogP contribution is -2.50. The lowest BCUT2D eigenvalue weighted by molar-refractivity contribution is -0.139. The van der Waals surface area contributed by atoms with Gasteiger partial charge in [0.2, 0.25) is 0 Å². The Labute approximate surface area is 114 Å². The molecule has 0 saturated carbocycles. The number of aliphatic hydroxyl groups is 1. The number of aliphatic carboxylic acids is 1. The molecule has 0 aliphatic carbocycles. The Bertz CT molecular complexity index is 295. The number of thioether (sulfide) groups is 1. The van der Waals surface area contributed by atoms with Gasteiger partial charge in [-0.15, -0.1) is 0 Å². The Hall–Kier alpha value is -1.09. The fourth-order valence-corrected chi connectivity index (χ4v) is 1.77. The van der Waals surface area contributed by atoms with Crippen LogP contribution in [0.4, 0.5) is 13.6 Å². The lowest BCUT2D eigenvalue weighted by atomic mass is 10.2. The van der Waals surface area contributed by atoms with E-state index in [9.17, 15) is 18.4 Å². The number of nitrogens with zero attached hydrogens (tertiary/aromatic N) is 1. The normalized spacial score (nSPS) is 12.3. The van der Waals surface area contributed by atoms with E-state index in [0.29, 0.717) is 10.7 Å². The predicted octanol–water partition coefficient (Wildman–Crippen LogP) is 0.462. The summed E-state index contributed by atoms with van der Waals surface area (Å²) in [5.41, 5.74) is 0.